The Labute approximate surface area is 139 Å². The molecule has 0 heterocycles. The molecule has 0 fully saturated rings. The van der Waals surface area contributed by atoms with Crippen LogP contribution in [0.15, 0.2) is 0 Å². The average Bonchev–Trinajstić information content (AvgIpc) is 2.35. The van der Waals surface area contributed by atoms with Gasteiger partial charge in [-0.2, -0.15) is 0 Å². The van der Waals surface area contributed by atoms with Crippen molar-refractivity contribution in [2.45, 2.75) is 96.8 Å². The van der Waals surface area contributed by atoms with Gasteiger partial charge in [-0.25, -0.2) is 0 Å². The van der Waals surface area contributed by atoms with Crippen molar-refractivity contribution in [2.75, 3.05) is 6.54 Å². The van der Waals surface area contributed by atoms with Gasteiger partial charge in [0.25, 0.3) is 0 Å². The van der Waals surface area contributed by atoms with Crippen molar-refractivity contribution < 1.29 is 31.0 Å². The smallest absolute Gasteiger partial charge is 1.00 e. The maximum Gasteiger partial charge on any atom is 1.00 e. The van der Waals surface area contributed by atoms with E-state index in [9.17, 15) is 0 Å². The summed E-state index contributed by atoms with van der Waals surface area (Å²) < 4.78 is 0. The van der Waals surface area contributed by atoms with Crippen molar-refractivity contribution in [3.05, 3.63) is 0 Å². The number of nitrogens with two attached hydrogens (primary N) is 1. The molecular formula is C16H36NNa. The minimum Gasteiger partial charge on any atom is -1.00 e. The summed E-state index contributed by atoms with van der Waals surface area (Å²) in [6.07, 6.45) is 19.9. The molecule has 0 unspecified atom stereocenters. The molecule has 0 aliphatic rings. The van der Waals surface area contributed by atoms with E-state index in [2.05, 4.69) is 6.92 Å². The number of unbranched alkanes of at least 4 members (excludes halogenated alkanes) is 13. The molecular weight excluding hydrogens is 229 g/mol. The standard InChI is InChI=1S/C16H35N.Na.H/c1-2-3-4-5-6-7-8-9-10-11-12-13-14-15-16-17;;/h2-17H2,1H3;;/q;+1;-1. The normalized spacial score (nSPS) is 10.3. The van der Waals surface area contributed by atoms with E-state index in [1.807, 2.05) is 0 Å². The van der Waals surface area contributed by atoms with E-state index in [0.29, 0.717) is 0 Å². The maximum absolute atomic E-state index is 5.47. The zero-order valence-electron chi connectivity index (χ0n) is 14.2. The molecule has 0 aromatic carbocycles. The van der Waals surface area contributed by atoms with Gasteiger partial charge in [-0.3, -0.25) is 0 Å². The Kier molecular flexibility index (Phi) is 24.0. The third-order valence-corrected chi connectivity index (χ3v) is 3.56. The van der Waals surface area contributed by atoms with Gasteiger partial charge in [-0.05, 0) is 13.0 Å². The molecule has 0 saturated heterocycles. The Bertz CT molecular complexity index is 120. The molecule has 0 radical (unpaired) electrons. The summed E-state index contributed by atoms with van der Waals surface area (Å²) in [4.78, 5) is 0. The van der Waals surface area contributed by atoms with E-state index in [-0.39, 0.29) is 31.0 Å². The van der Waals surface area contributed by atoms with E-state index in [4.69, 9.17) is 5.73 Å². The zero-order chi connectivity index (χ0) is 12.6. The summed E-state index contributed by atoms with van der Waals surface area (Å²) in [5, 5.41) is 0. The number of rotatable bonds is 14. The van der Waals surface area contributed by atoms with Gasteiger partial charge >= 0.3 is 29.6 Å². The predicted octanol–water partition coefficient (Wildman–Crippen LogP) is 2.54. The van der Waals surface area contributed by atoms with Crippen molar-refractivity contribution in [3.8, 4) is 0 Å². The number of hydrogen-bond acceptors (Lipinski definition) is 1. The molecule has 0 amide bonds. The van der Waals surface area contributed by atoms with Crippen LogP contribution in [0.2, 0.25) is 0 Å². The Balaban J connectivity index is -0.00000128. The van der Waals surface area contributed by atoms with Crippen LogP contribution in [0.25, 0.3) is 0 Å². The van der Waals surface area contributed by atoms with Crippen LogP contribution in [-0.4, -0.2) is 6.54 Å². The van der Waals surface area contributed by atoms with Crippen LogP contribution in [0.3, 0.4) is 0 Å². The number of hydrogen-bond donors (Lipinski definition) is 1. The van der Waals surface area contributed by atoms with Crippen molar-refractivity contribution in [2.24, 2.45) is 5.73 Å². The van der Waals surface area contributed by atoms with Gasteiger partial charge < -0.3 is 7.16 Å². The Hall–Kier alpha value is 0.960. The second-order valence-electron chi connectivity index (χ2n) is 5.38. The summed E-state index contributed by atoms with van der Waals surface area (Å²) in [5.74, 6) is 0. The Morgan fingerprint density at radius 2 is 0.833 bits per heavy atom. The molecule has 0 aromatic rings. The molecule has 0 atom stereocenters. The van der Waals surface area contributed by atoms with E-state index < -0.39 is 0 Å². The quantitative estimate of drug-likeness (QED) is 0.379. The molecule has 0 aliphatic heterocycles. The van der Waals surface area contributed by atoms with E-state index >= 15 is 0 Å². The van der Waals surface area contributed by atoms with Gasteiger partial charge in [0.2, 0.25) is 0 Å². The first-order chi connectivity index (χ1) is 8.41. The van der Waals surface area contributed by atoms with Gasteiger partial charge in [0.05, 0.1) is 0 Å². The minimum absolute atomic E-state index is 0. The topological polar surface area (TPSA) is 26.0 Å². The fraction of sp³-hybridized carbons (Fsp3) is 1.00. The van der Waals surface area contributed by atoms with Gasteiger partial charge in [-0.1, -0.05) is 90.4 Å². The van der Waals surface area contributed by atoms with Crippen LogP contribution < -0.4 is 35.3 Å². The van der Waals surface area contributed by atoms with Gasteiger partial charge in [0.1, 0.15) is 0 Å². The summed E-state index contributed by atoms with van der Waals surface area (Å²) in [7, 11) is 0. The minimum atomic E-state index is 0. The molecule has 2 N–H and O–H groups in total. The molecule has 0 spiro atoms. The molecule has 0 aliphatic carbocycles. The third-order valence-electron chi connectivity index (χ3n) is 3.56. The van der Waals surface area contributed by atoms with Crippen LogP contribution >= 0.6 is 0 Å². The van der Waals surface area contributed by atoms with E-state index in [1.165, 1.54) is 89.9 Å². The van der Waals surface area contributed by atoms with Crippen molar-refractivity contribution in [1.29, 1.82) is 0 Å². The zero-order valence-corrected chi connectivity index (χ0v) is 15.2. The second kappa shape index (κ2) is 20.3. The predicted molar refractivity (Wildman–Crippen MR) is 80.5 cm³/mol. The molecule has 0 rings (SSSR count). The van der Waals surface area contributed by atoms with Crippen LogP contribution in [0.1, 0.15) is 98.2 Å². The first kappa shape index (κ1) is 21.3. The van der Waals surface area contributed by atoms with E-state index in [0.717, 1.165) is 6.54 Å². The maximum atomic E-state index is 5.47. The molecule has 0 saturated carbocycles. The van der Waals surface area contributed by atoms with Gasteiger partial charge in [0.15, 0.2) is 0 Å². The van der Waals surface area contributed by atoms with Gasteiger partial charge in [-0.15, -0.1) is 0 Å². The largest absolute Gasteiger partial charge is 1.00 e. The molecule has 106 valence electrons. The molecule has 1 nitrogen and oxygen atoms in total. The Morgan fingerprint density at radius 3 is 1.11 bits per heavy atom. The third kappa shape index (κ3) is 19.3. The monoisotopic (exact) mass is 265 g/mol. The first-order valence-corrected chi connectivity index (χ1v) is 8.12. The molecule has 0 bridgehead atoms. The van der Waals surface area contributed by atoms with Gasteiger partial charge in [0, 0.05) is 0 Å². The molecule has 0 aromatic heterocycles. The summed E-state index contributed by atoms with van der Waals surface area (Å²) in [5.41, 5.74) is 5.47. The van der Waals surface area contributed by atoms with Crippen molar-refractivity contribution in [3.63, 3.8) is 0 Å². The van der Waals surface area contributed by atoms with Crippen LogP contribution in [0, 0.1) is 0 Å². The molecule has 2 heteroatoms. The Morgan fingerprint density at radius 1 is 0.556 bits per heavy atom. The van der Waals surface area contributed by atoms with Crippen molar-refractivity contribution in [1.82, 2.24) is 0 Å². The fourth-order valence-corrected chi connectivity index (χ4v) is 2.34. The summed E-state index contributed by atoms with van der Waals surface area (Å²) >= 11 is 0. The first-order valence-electron chi connectivity index (χ1n) is 8.12. The SMILES string of the molecule is CCCCCCCCCCCCCCCCN.[H-].[Na+]. The fourth-order valence-electron chi connectivity index (χ4n) is 2.34. The van der Waals surface area contributed by atoms with Crippen LogP contribution in [0.5, 0.6) is 0 Å². The molecule has 18 heavy (non-hydrogen) atoms. The van der Waals surface area contributed by atoms with Crippen LogP contribution in [0.4, 0.5) is 0 Å². The van der Waals surface area contributed by atoms with Crippen molar-refractivity contribution >= 4 is 0 Å². The second-order valence-corrected chi connectivity index (χ2v) is 5.38. The summed E-state index contributed by atoms with van der Waals surface area (Å²) in [6.45, 7) is 3.16. The van der Waals surface area contributed by atoms with Crippen LogP contribution in [-0.2, 0) is 0 Å². The summed E-state index contributed by atoms with van der Waals surface area (Å²) in [6, 6.07) is 0. The average molecular weight is 265 g/mol. The van der Waals surface area contributed by atoms with E-state index in [1.54, 1.807) is 0 Å².